The Morgan fingerprint density at radius 3 is 2.67 bits per heavy atom. The van der Waals surface area contributed by atoms with Crippen molar-refractivity contribution in [2.24, 2.45) is 5.92 Å². The highest BCUT2D eigenvalue weighted by Crippen LogP contribution is 2.10. The van der Waals surface area contributed by atoms with Crippen LogP contribution in [0.2, 0.25) is 0 Å². The summed E-state index contributed by atoms with van der Waals surface area (Å²) in [6, 6.07) is 0. The van der Waals surface area contributed by atoms with Crippen molar-refractivity contribution in [1.82, 2.24) is 0 Å². The van der Waals surface area contributed by atoms with E-state index < -0.39 is 0 Å². The topological polar surface area (TPSA) is 0 Å². The van der Waals surface area contributed by atoms with Crippen LogP contribution in [0.4, 0.5) is 0 Å². The molecule has 12 heavy (non-hydrogen) atoms. The second-order valence-electron chi connectivity index (χ2n) is 3.14. The zero-order valence-electron chi connectivity index (χ0n) is 8.34. The molecule has 0 heterocycles. The van der Waals surface area contributed by atoms with Gasteiger partial charge < -0.3 is 0 Å². The smallest absolute Gasteiger partial charge is 0.00191 e. The summed E-state index contributed by atoms with van der Waals surface area (Å²) < 4.78 is 0. The maximum atomic E-state index is 3.97. The van der Waals surface area contributed by atoms with E-state index in [9.17, 15) is 0 Å². The van der Waals surface area contributed by atoms with E-state index in [0.29, 0.717) is 5.92 Å². The highest BCUT2D eigenvalue weighted by atomic mass is 14.0. The summed E-state index contributed by atoms with van der Waals surface area (Å²) >= 11 is 0. The molecule has 0 saturated heterocycles. The van der Waals surface area contributed by atoms with Crippen LogP contribution in [-0.4, -0.2) is 0 Å². The number of rotatable bonds is 6. The Balaban J connectivity index is 3.67. The molecule has 0 radical (unpaired) electrons. The molecule has 0 nitrogen and oxygen atoms in total. The van der Waals surface area contributed by atoms with E-state index in [1.54, 1.807) is 0 Å². The molecule has 1 atom stereocenters. The summed E-state index contributed by atoms with van der Waals surface area (Å²) in [5.74, 6) is 0.405. The molecule has 0 saturated carbocycles. The molecule has 68 valence electrons. The number of allylic oxidation sites excluding steroid dienone is 4. The Bertz CT molecular complexity index is 163. The van der Waals surface area contributed by atoms with Gasteiger partial charge in [-0.25, -0.2) is 0 Å². The van der Waals surface area contributed by atoms with Crippen LogP contribution in [-0.2, 0) is 0 Å². The van der Waals surface area contributed by atoms with Gasteiger partial charge in [0.1, 0.15) is 0 Å². The van der Waals surface area contributed by atoms with Gasteiger partial charge in [0.2, 0.25) is 0 Å². The van der Waals surface area contributed by atoms with Gasteiger partial charge in [0.15, 0.2) is 0 Å². The van der Waals surface area contributed by atoms with Crippen molar-refractivity contribution in [2.75, 3.05) is 0 Å². The Labute approximate surface area is 76.7 Å². The summed E-state index contributed by atoms with van der Waals surface area (Å²) in [6.45, 7) is 12.0. The van der Waals surface area contributed by atoms with Crippen molar-refractivity contribution in [1.29, 1.82) is 0 Å². The van der Waals surface area contributed by atoms with Crippen LogP contribution in [0.3, 0.4) is 0 Å². The lowest BCUT2D eigenvalue weighted by atomic mass is 10.0. The van der Waals surface area contributed by atoms with Gasteiger partial charge >= 0.3 is 0 Å². The van der Waals surface area contributed by atoms with Crippen LogP contribution >= 0.6 is 0 Å². The summed E-state index contributed by atoms with van der Waals surface area (Å²) in [5.41, 5.74) is 1.15. The average molecular weight is 164 g/mol. The largest absolute Gasteiger partial charge is 0.102 e. The summed E-state index contributed by atoms with van der Waals surface area (Å²) in [6.07, 6.45) is 9.93. The van der Waals surface area contributed by atoms with Gasteiger partial charge in [0, 0.05) is 0 Å². The van der Waals surface area contributed by atoms with Crippen LogP contribution < -0.4 is 0 Å². The first-order chi connectivity index (χ1) is 5.72. The highest BCUT2D eigenvalue weighted by molar-refractivity contribution is 5.20. The molecule has 0 fully saturated rings. The van der Waals surface area contributed by atoms with Crippen LogP contribution in [0.15, 0.2) is 37.0 Å². The van der Waals surface area contributed by atoms with Gasteiger partial charge in [-0.15, -0.1) is 6.58 Å². The maximum absolute atomic E-state index is 3.97. The minimum absolute atomic E-state index is 0.405. The zero-order valence-corrected chi connectivity index (χ0v) is 8.34. The second-order valence-corrected chi connectivity index (χ2v) is 3.14. The SMILES string of the molecule is C=CC(C)C(=C)/C=C/CCCC. The van der Waals surface area contributed by atoms with Gasteiger partial charge in [-0.05, 0) is 17.9 Å². The third kappa shape index (κ3) is 4.95. The lowest BCUT2D eigenvalue weighted by Gasteiger charge is -2.03. The number of hydrogen-bond donors (Lipinski definition) is 0. The predicted molar refractivity (Wildman–Crippen MR) is 57.2 cm³/mol. The van der Waals surface area contributed by atoms with Crippen molar-refractivity contribution < 1.29 is 0 Å². The number of unbranched alkanes of at least 4 members (excludes halogenated alkanes) is 2. The van der Waals surface area contributed by atoms with Gasteiger partial charge in [-0.1, -0.05) is 51.5 Å². The Hall–Kier alpha value is -0.780. The minimum atomic E-state index is 0.405. The third-order valence-electron chi connectivity index (χ3n) is 1.99. The van der Waals surface area contributed by atoms with Gasteiger partial charge in [-0.2, -0.15) is 0 Å². The molecule has 0 amide bonds. The summed E-state index contributed by atoms with van der Waals surface area (Å²) in [7, 11) is 0. The standard InChI is InChI=1S/C12H20/c1-5-7-8-9-10-12(4)11(3)6-2/h6,9-11H,2,4-5,7-8H2,1,3H3/b10-9+. The molecule has 0 aromatic rings. The van der Waals surface area contributed by atoms with E-state index >= 15 is 0 Å². The van der Waals surface area contributed by atoms with E-state index in [1.165, 1.54) is 19.3 Å². The third-order valence-corrected chi connectivity index (χ3v) is 1.99. The molecule has 0 aliphatic carbocycles. The lowest BCUT2D eigenvalue weighted by molar-refractivity contribution is 0.812. The normalized spacial score (nSPS) is 13.2. The van der Waals surface area contributed by atoms with Crippen LogP contribution in [0.1, 0.15) is 33.1 Å². The fraction of sp³-hybridized carbons (Fsp3) is 0.500. The van der Waals surface area contributed by atoms with E-state index in [4.69, 9.17) is 0 Å². The fourth-order valence-electron chi connectivity index (χ4n) is 0.860. The van der Waals surface area contributed by atoms with Crippen molar-refractivity contribution in [3.05, 3.63) is 37.0 Å². The second kappa shape index (κ2) is 6.90. The van der Waals surface area contributed by atoms with Gasteiger partial charge in [0.05, 0.1) is 0 Å². The minimum Gasteiger partial charge on any atom is -0.102 e. The first-order valence-corrected chi connectivity index (χ1v) is 4.70. The van der Waals surface area contributed by atoms with Gasteiger partial charge in [-0.3, -0.25) is 0 Å². The maximum Gasteiger partial charge on any atom is -0.00191 e. The van der Waals surface area contributed by atoms with Crippen LogP contribution in [0.25, 0.3) is 0 Å². The van der Waals surface area contributed by atoms with E-state index in [1.807, 2.05) is 6.08 Å². The molecular weight excluding hydrogens is 144 g/mol. The first kappa shape index (κ1) is 11.2. The Morgan fingerprint density at radius 1 is 1.50 bits per heavy atom. The fourth-order valence-corrected chi connectivity index (χ4v) is 0.860. The molecule has 0 spiro atoms. The molecule has 0 heteroatoms. The number of hydrogen-bond acceptors (Lipinski definition) is 0. The molecule has 1 unspecified atom stereocenters. The first-order valence-electron chi connectivity index (χ1n) is 4.70. The molecule has 0 bridgehead atoms. The van der Waals surface area contributed by atoms with E-state index in [-0.39, 0.29) is 0 Å². The summed E-state index contributed by atoms with van der Waals surface area (Å²) in [4.78, 5) is 0. The molecule has 0 rings (SSSR count). The lowest BCUT2D eigenvalue weighted by Crippen LogP contribution is -1.89. The van der Waals surface area contributed by atoms with Crippen molar-refractivity contribution in [3.63, 3.8) is 0 Å². The molecule has 0 aliphatic rings. The van der Waals surface area contributed by atoms with Crippen molar-refractivity contribution in [2.45, 2.75) is 33.1 Å². The Morgan fingerprint density at radius 2 is 2.17 bits per heavy atom. The van der Waals surface area contributed by atoms with Crippen LogP contribution in [0, 0.1) is 5.92 Å². The van der Waals surface area contributed by atoms with Crippen LogP contribution in [0.5, 0.6) is 0 Å². The molecule has 0 aromatic carbocycles. The molecule has 0 aromatic heterocycles. The summed E-state index contributed by atoms with van der Waals surface area (Å²) in [5, 5.41) is 0. The van der Waals surface area contributed by atoms with Crippen molar-refractivity contribution >= 4 is 0 Å². The molecule has 0 N–H and O–H groups in total. The average Bonchev–Trinajstić information content (AvgIpc) is 2.10. The highest BCUT2D eigenvalue weighted by Gasteiger charge is 1.95. The molecular formula is C12H20. The van der Waals surface area contributed by atoms with E-state index in [0.717, 1.165) is 5.57 Å². The monoisotopic (exact) mass is 164 g/mol. The molecule has 0 aliphatic heterocycles. The zero-order chi connectivity index (χ0) is 9.40. The predicted octanol–water partition coefficient (Wildman–Crippen LogP) is 4.11. The quantitative estimate of drug-likeness (QED) is 0.315. The van der Waals surface area contributed by atoms with E-state index in [2.05, 4.69) is 39.2 Å². The van der Waals surface area contributed by atoms with Crippen molar-refractivity contribution in [3.8, 4) is 0 Å². The Kier molecular flexibility index (Phi) is 6.45. The van der Waals surface area contributed by atoms with Gasteiger partial charge in [0.25, 0.3) is 0 Å².